The third-order valence-electron chi connectivity index (χ3n) is 2.84. The van der Waals surface area contributed by atoms with Gasteiger partial charge in [0.25, 0.3) is 0 Å². The predicted octanol–water partition coefficient (Wildman–Crippen LogP) is 0.340. The molecule has 0 aliphatic carbocycles. The molecule has 0 fully saturated rings. The van der Waals surface area contributed by atoms with Gasteiger partial charge >= 0.3 is 0 Å². The van der Waals surface area contributed by atoms with Crippen molar-refractivity contribution >= 4 is 5.91 Å². The Morgan fingerprint density at radius 2 is 2.12 bits per heavy atom. The van der Waals surface area contributed by atoms with E-state index in [1.54, 1.807) is 0 Å². The van der Waals surface area contributed by atoms with Crippen LogP contribution in [0.5, 0.6) is 0 Å². The van der Waals surface area contributed by atoms with Crippen molar-refractivity contribution in [3.8, 4) is 6.07 Å². The van der Waals surface area contributed by atoms with E-state index in [0.29, 0.717) is 0 Å². The first kappa shape index (κ1) is 15.9. The molecular formula is C12H23N3O2. The number of amides is 1. The largest absolute Gasteiger partial charge is 0.392 e. The SMILES string of the molecule is CC(C#N)CN(C)CC[C@@H](C)[C@@H](O)CC(N)=O. The maximum atomic E-state index is 10.7. The number of carbonyl (C=O) groups excluding carboxylic acids is 1. The van der Waals surface area contributed by atoms with E-state index < -0.39 is 12.0 Å². The van der Waals surface area contributed by atoms with Gasteiger partial charge in [0.15, 0.2) is 0 Å². The minimum Gasteiger partial charge on any atom is -0.392 e. The third kappa shape index (κ3) is 7.72. The van der Waals surface area contributed by atoms with Crippen LogP contribution in [0.3, 0.4) is 0 Å². The van der Waals surface area contributed by atoms with Crippen molar-refractivity contribution < 1.29 is 9.90 Å². The fourth-order valence-electron chi connectivity index (χ4n) is 1.62. The van der Waals surface area contributed by atoms with Gasteiger partial charge < -0.3 is 15.7 Å². The van der Waals surface area contributed by atoms with Crippen LogP contribution >= 0.6 is 0 Å². The number of nitriles is 1. The highest BCUT2D eigenvalue weighted by molar-refractivity contribution is 5.74. The Bertz CT molecular complexity index is 275. The summed E-state index contributed by atoms with van der Waals surface area (Å²) in [6.45, 7) is 5.29. The zero-order chi connectivity index (χ0) is 13.4. The summed E-state index contributed by atoms with van der Waals surface area (Å²) >= 11 is 0. The second kappa shape index (κ2) is 8.04. The van der Waals surface area contributed by atoms with Gasteiger partial charge in [-0.15, -0.1) is 0 Å². The Morgan fingerprint density at radius 1 is 1.53 bits per heavy atom. The van der Waals surface area contributed by atoms with Crippen LogP contribution in [0.1, 0.15) is 26.7 Å². The Labute approximate surface area is 103 Å². The Kier molecular flexibility index (Phi) is 7.51. The van der Waals surface area contributed by atoms with Crippen molar-refractivity contribution in [2.75, 3.05) is 20.1 Å². The summed E-state index contributed by atoms with van der Waals surface area (Å²) in [6.07, 6.45) is 0.122. The lowest BCUT2D eigenvalue weighted by Crippen LogP contribution is -2.30. The van der Waals surface area contributed by atoms with Crippen LogP contribution in [0.4, 0.5) is 0 Å². The number of hydrogen-bond donors (Lipinski definition) is 2. The quantitative estimate of drug-likeness (QED) is 0.641. The average molecular weight is 241 g/mol. The van der Waals surface area contributed by atoms with E-state index in [-0.39, 0.29) is 18.3 Å². The van der Waals surface area contributed by atoms with E-state index in [1.807, 2.05) is 20.9 Å². The zero-order valence-corrected chi connectivity index (χ0v) is 10.9. The van der Waals surface area contributed by atoms with E-state index >= 15 is 0 Å². The van der Waals surface area contributed by atoms with Crippen LogP contribution in [0.25, 0.3) is 0 Å². The molecule has 0 spiro atoms. The molecule has 0 saturated carbocycles. The molecule has 0 saturated heterocycles. The topological polar surface area (TPSA) is 90.3 Å². The van der Waals surface area contributed by atoms with Gasteiger partial charge in [-0.05, 0) is 32.9 Å². The van der Waals surface area contributed by atoms with Crippen LogP contribution in [0.2, 0.25) is 0 Å². The fraction of sp³-hybridized carbons (Fsp3) is 0.833. The monoisotopic (exact) mass is 241 g/mol. The van der Waals surface area contributed by atoms with Crippen LogP contribution in [0, 0.1) is 23.2 Å². The summed E-state index contributed by atoms with van der Waals surface area (Å²) in [5, 5.41) is 18.3. The molecule has 3 N–H and O–H groups in total. The molecule has 0 aliphatic rings. The van der Waals surface area contributed by atoms with E-state index in [9.17, 15) is 9.90 Å². The highest BCUT2D eigenvalue weighted by atomic mass is 16.3. The molecule has 17 heavy (non-hydrogen) atoms. The average Bonchev–Trinajstić information content (AvgIpc) is 2.24. The molecule has 0 heterocycles. The second-order valence-corrected chi connectivity index (χ2v) is 4.80. The molecule has 3 atom stereocenters. The van der Waals surface area contributed by atoms with Crippen LogP contribution in [0.15, 0.2) is 0 Å². The molecule has 0 radical (unpaired) electrons. The predicted molar refractivity (Wildman–Crippen MR) is 65.9 cm³/mol. The molecule has 0 aromatic heterocycles. The fourth-order valence-corrected chi connectivity index (χ4v) is 1.62. The zero-order valence-electron chi connectivity index (χ0n) is 10.9. The lowest BCUT2D eigenvalue weighted by atomic mass is 9.98. The molecule has 0 aromatic rings. The van der Waals surface area contributed by atoms with Crippen molar-refractivity contribution in [1.82, 2.24) is 4.90 Å². The maximum absolute atomic E-state index is 10.7. The number of nitrogens with zero attached hydrogens (tertiary/aromatic N) is 2. The number of aliphatic hydroxyl groups excluding tert-OH is 1. The Morgan fingerprint density at radius 3 is 2.59 bits per heavy atom. The summed E-state index contributed by atoms with van der Waals surface area (Å²) in [5.41, 5.74) is 5.03. The van der Waals surface area contributed by atoms with Gasteiger partial charge in [-0.2, -0.15) is 5.26 Å². The molecule has 1 unspecified atom stereocenters. The molecular weight excluding hydrogens is 218 g/mol. The maximum Gasteiger partial charge on any atom is 0.220 e. The molecule has 0 aromatic carbocycles. The Hall–Kier alpha value is -1.12. The number of primary amides is 1. The molecule has 1 amide bonds. The van der Waals surface area contributed by atoms with Crippen molar-refractivity contribution in [2.45, 2.75) is 32.8 Å². The normalized spacial score (nSPS) is 16.2. The van der Waals surface area contributed by atoms with Crippen LogP contribution < -0.4 is 5.73 Å². The van der Waals surface area contributed by atoms with Gasteiger partial charge in [-0.1, -0.05) is 6.92 Å². The summed E-state index contributed by atoms with van der Waals surface area (Å²) in [7, 11) is 1.95. The van der Waals surface area contributed by atoms with Crippen molar-refractivity contribution in [2.24, 2.45) is 17.6 Å². The molecule has 0 bridgehead atoms. The molecule has 98 valence electrons. The van der Waals surface area contributed by atoms with E-state index in [2.05, 4.69) is 11.0 Å². The van der Waals surface area contributed by atoms with Gasteiger partial charge in [-0.3, -0.25) is 4.79 Å². The van der Waals surface area contributed by atoms with Crippen LogP contribution in [-0.4, -0.2) is 42.2 Å². The van der Waals surface area contributed by atoms with Crippen LogP contribution in [-0.2, 0) is 4.79 Å². The first-order chi connectivity index (χ1) is 7.86. The van der Waals surface area contributed by atoms with Gasteiger partial charge in [0.2, 0.25) is 5.91 Å². The summed E-state index contributed by atoms with van der Waals surface area (Å²) in [6, 6.07) is 2.18. The minimum absolute atomic E-state index is 0.00542. The van der Waals surface area contributed by atoms with E-state index in [4.69, 9.17) is 11.0 Å². The van der Waals surface area contributed by atoms with Crippen molar-refractivity contribution in [3.05, 3.63) is 0 Å². The molecule has 5 heteroatoms. The third-order valence-corrected chi connectivity index (χ3v) is 2.84. The van der Waals surface area contributed by atoms with Gasteiger partial charge in [-0.25, -0.2) is 0 Å². The lowest BCUT2D eigenvalue weighted by Gasteiger charge is -2.22. The first-order valence-corrected chi connectivity index (χ1v) is 5.91. The Balaban J connectivity index is 3.87. The summed E-state index contributed by atoms with van der Waals surface area (Å²) in [5.74, 6) is -0.441. The van der Waals surface area contributed by atoms with E-state index in [1.165, 1.54) is 0 Å². The standard InChI is InChI=1S/C12H23N3O2/c1-9(7-13)8-15(3)5-4-10(2)11(16)6-12(14)17/h9-11,16H,4-6,8H2,1-3H3,(H2,14,17)/t9?,10-,11+/m1/s1. The smallest absolute Gasteiger partial charge is 0.220 e. The van der Waals surface area contributed by atoms with Crippen molar-refractivity contribution in [3.63, 3.8) is 0 Å². The van der Waals surface area contributed by atoms with Crippen molar-refractivity contribution in [1.29, 1.82) is 5.26 Å². The minimum atomic E-state index is -0.672. The van der Waals surface area contributed by atoms with Gasteiger partial charge in [0.1, 0.15) is 0 Å². The number of nitrogens with two attached hydrogens (primary N) is 1. The number of rotatable bonds is 8. The summed E-state index contributed by atoms with van der Waals surface area (Å²) < 4.78 is 0. The van der Waals surface area contributed by atoms with E-state index in [0.717, 1.165) is 19.5 Å². The first-order valence-electron chi connectivity index (χ1n) is 5.91. The molecule has 0 aliphatic heterocycles. The second-order valence-electron chi connectivity index (χ2n) is 4.80. The van der Waals surface area contributed by atoms with Gasteiger partial charge in [0.05, 0.1) is 24.5 Å². The molecule has 0 rings (SSSR count). The lowest BCUT2D eigenvalue weighted by molar-refractivity contribution is -0.120. The molecule has 5 nitrogen and oxygen atoms in total. The number of hydrogen-bond acceptors (Lipinski definition) is 4. The summed E-state index contributed by atoms with van der Waals surface area (Å²) in [4.78, 5) is 12.7. The highest BCUT2D eigenvalue weighted by Gasteiger charge is 2.17. The van der Waals surface area contributed by atoms with Gasteiger partial charge in [0, 0.05) is 6.54 Å². The number of aliphatic hydroxyl groups is 1. The highest BCUT2D eigenvalue weighted by Crippen LogP contribution is 2.12. The number of carbonyl (C=O) groups is 1.